The smallest absolute Gasteiger partial charge is 0.274 e. The topological polar surface area (TPSA) is 110 Å². The van der Waals surface area contributed by atoms with Gasteiger partial charge in [-0.3, -0.25) is 9.78 Å². The van der Waals surface area contributed by atoms with Crippen molar-refractivity contribution in [2.24, 2.45) is 0 Å². The van der Waals surface area contributed by atoms with Crippen LogP contribution in [0.2, 0.25) is 0 Å². The molecule has 6 rings (SSSR count). The molecule has 2 aromatic heterocycles. The minimum Gasteiger partial charge on any atom is -0.356 e. The maximum atomic E-state index is 14.3. The van der Waals surface area contributed by atoms with Gasteiger partial charge in [0, 0.05) is 55.3 Å². The SMILES string of the molecule is N#Cc1cc2c(cc1F)N(C1CCN(C(=O)c3cc(-c4cccnc4)n(-c4cc(F)c(F)c(F)c4)n3)CC1)C(O)N2. The first-order valence-corrected chi connectivity index (χ1v) is 12.7. The number of likely N-dealkylation sites (tertiary alicyclic amines) is 1. The molecule has 1 fully saturated rings. The Bertz CT molecular complexity index is 1670. The molecule has 1 amide bonds. The summed E-state index contributed by atoms with van der Waals surface area (Å²) >= 11 is 0. The number of carbonyl (C=O) groups excluding carboxylic acids is 1. The van der Waals surface area contributed by atoms with Crippen LogP contribution >= 0.6 is 0 Å². The largest absolute Gasteiger partial charge is 0.356 e. The van der Waals surface area contributed by atoms with Crippen molar-refractivity contribution in [2.45, 2.75) is 25.2 Å². The third-order valence-corrected chi connectivity index (χ3v) is 7.28. The number of nitrogens with zero attached hydrogens (tertiary/aromatic N) is 6. The molecule has 1 saturated heterocycles. The third-order valence-electron chi connectivity index (χ3n) is 7.28. The fourth-order valence-electron chi connectivity index (χ4n) is 5.29. The lowest BCUT2D eigenvalue weighted by atomic mass is 10.0. The van der Waals surface area contributed by atoms with Crippen LogP contribution in [0.3, 0.4) is 0 Å². The molecule has 2 aliphatic heterocycles. The number of carbonyl (C=O) groups is 1. The van der Waals surface area contributed by atoms with E-state index in [1.54, 1.807) is 34.2 Å². The minimum absolute atomic E-state index is 0.00627. The Morgan fingerprint density at radius 2 is 1.78 bits per heavy atom. The quantitative estimate of drug-likeness (QED) is 0.283. The average molecular weight is 564 g/mol. The van der Waals surface area contributed by atoms with E-state index < -0.39 is 35.5 Å². The summed E-state index contributed by atoms with van der Waals surface area (Å²) in [6, 6.07) is 10.5. The number of aliphatic hydroxyl groups is 1. The van der Waals surface area contributed by atoms with E-state index in [0.717, 1.165) is 16.8 Å². The van der Waals surface area contributed by atoms with Gasteiger partial charge in [-0.2, -0.15) is 10.4 Å². The maximum Gasteiger partial charge on any atom is 0.274 e. The van der Waals surface area contributed by atoms with Gasteiger partial charge < -0.3 is 20.2 Å². The molecule has 208 valence electrons. The molecule has 9 nitrogen and oxygen atoms in total. The van der Waals surface area contributed by atoms with E-state index in [4.69, 9.17) is 5.26 Å². The Morgan fingerprint density at radius 1 is 1.05 bits per heavy atom. The van der Waals surface area contributed by atoms with Crippen LogP contribution in [0.15, 0.2) is 54.9 Å². The fourth-order valence-corrected chi connectivity index (χ4v) is 5.29. The van der Waals surface area contributed by atoms with E-state index in [9.17, 15) is 27.5 Å². The molecule has 1 unspecified atom stereocenters. The molecule has 41 heavy (non-hydrogen) atoms. The van der Waals surface area contributed by atoms with Crippen LogP contribution in [0.25, 0.3) is 16.9 Å². The number of nitriles is 1. The highest BCUT2D eigenvalue weighted by atomic mass is 19.2. The first-order chi connectivity index (χ1) is 19.7. The van der Waals surface area contributed by atoms with Gasteiger partial charge in [0.05, 0.1) is 28.3 Å². The first-order valence-electron chi connectivity index (χ1n) is 12.7. The van der Waals surface area contributed by atoms with Crippen LogP contribution in [0.5, 0.6) is 0 Å². The third kappa shape index (κ3) is 4.62. The number of aliphatic hydroxyl groups excluding tert-OH is 1. The van der Waals surface area contributed by atoms with Crippen LogP contribution in [0, 0.1) is 34.6 Å². The summed E-state index contributed by atoms with van der Waals surface area (Å²) in [5.74, 6) is -5.53. The first kappa shape index (κ1) is 26.3. The summed E-state index contributed by atoms with van der Waals surface area (Å²) in [5.41, 5.74) is 1.47. The van der Waals surface area contributed by atoms with Gasteiger partial charge in [-0.15, -0.1) is 0 Å². The number of benzene rings is 2. The summed E-state index contributed by atoms with van der Waals surface area (Å²) in [5, 5.41) is 26.9. The van der Waals surface area contributed by atoms with Gasteiger partial charge in [-0.1, -0.05) is 0 Å². The van der Waals surface area contributed by atoms with Crippen molar-refractivity contribution in [3.05, 3.63) is 89.4 Å². The number of halogens is 4. The second-order valence-electron chi connectivity index (χ2n) is 9.70. The van der Waals surface area contributed by atoms with Crippen molar-refractivity contribution in [2.75, 3.05) is 23.3 Å². The van der Waals surface area contributed by atoms with E-state index in [1.165, 1.54) is 24.4 Å². The lowest BCUT2D eigenvalue weighted by molar-refractivity contribution is 0.0694. The van der Waals surface area contributed by atoms with E-state index in [0.29, 0.717) is 35.5 Å². The molecular weight excluding hydrogens is 542 g/mol. The van der Waals surface area contributed by atoms with Gasteiger partial charge in [0.1, 0.15) is 11.9 Å². The fraction of sp³-hybridized carbons (Fsp3) is 0.214. The lowest BCUT2D eigenvalue weighted by Gasteiger charge is -2.38. The number of rotatable bonds is 4. The maximum absolute atomic E-state index is 14.3. The van der Waals surface area contributed by atoms with Crippen LogP contribution in [0.4, 0.5) is 28.9 Å². The van der Waals surface area contributed by atoms with Gasteiger partial charge >= 0.3 is 0 Å². The summed E-state index contributed by atoms with van der Waals surface area (Å²) in [6.07, 6.45) is 2.80. The second-order valence-corrected chi connectivity index (χ2v) is 9.70. The van der Waals surface area contributed by atoms with Gasteiger partial charge in [-0.25, -0.2) is 22.2 Å². The zero-order valence-electron chi connectivity index (χ0n) is 21.2. The number of anilines is 2. The molecule has 2 aromatic carbocycles. The van der Waals surface area contributed by atoms with Crippen molar-refractivity contribution >= 4 is 17.3 Å². The number of nitrogens with one attached hydrogen (secondary N) is 1. The minimum atomic E-state index is -1.61. The van der Waals surface area contributed by atoms with E-state index >= 15 is 0 Å². The average Bonchev–Trinajstić information content (AvgIpc) is 3.56. The molecule has 0 saturated carbocycles. The van der Waals surface area contributed by atoms with Crippen LogP contribution in [-0.4, -0.2) is 56.2 Å². The Kier molecular flexibility index (Phi) is 6.55. The number of hydrogen-bond donors (Lipinski definition) is 2. The molecule has 4 aromatic rings. The molecule has 2 N–H and O–H groups in total. The van der Waals surface area contributed by atoms with E-state index in [2.05, 4.69) is 15.4 Å². The number of aromatic nitrogens is 3. The Morgan fingerprint density at radius 3 is 2.44 bits per heavy atom. The highest BCUT2D eigenvalue weighted by Gasteiger charge is 2.37. The Labute approximate surface area is 230 Å². The molecule has 0 spiro atoms. The molecule has 2 aliphatic rings. The van der Waals surface area contributed by atoms with Crippen LogP contribution in [0.1, 0.15) is 28.9 Å². The summed E-state index contributed by atoms with van der Waals surface area (Å²) in [4.78, 5) is 20.8. The number of piperidine rings is 1. The molecule has 4 heterocycles. The normalized spacial score (nSPS) is 16.8. The Balaban J connectivity index is 1.25. The highest BCUT2D eigenvalue weighted by molar-refractivity contribution is 5.93. The highest BCUT2D eigenvalue weighted by Crippen LogP contribution is 2.39. The predicted molar refractivity (Wildman–Crippen MR) is 139 cm³/mol. The monoisotopic (exact) mass is 563 g/mol. The second kappa shape index (κ2) is 10.2. The van der Waals surface area contributed by atoms with Crippen molar-refractivity contribution in [3.63, 3.8) is 0 Å². The van der Waals surface area contributed by atoms with Crippen molar-refractivity contribution in [1.82, 2.24) is 19.7 Å². The lowest BCUT2D eigenvalue weighted by Crippen LogP contribution is -2.50. The van der Waals surface area contributed by atoms with Gasteiger partial charge in [0.2, 0.25) is 6.35 Å². The van der Waals surface area contributed by atoms with Crippen molar-refractivity contribution < 1.29 is 27.5 Å². The summed E-state index contributed by atoms with van der Waals surface area (Å²) in [7, 11) is 0. The van der Waals surface area contributed by atoms with Crippen LogP contribution < -0.4 is 10.2 Å². The summed E-state index contributed by atoms with van der Waals surface area (Å²) in [6.45, 7) is 0.575. The Hall–Kier alpha value is -4.96. The zero-order chi connectivity index (χ0) is 28.8. The molecule has 13 heteroatoms. The standard InChI is InChI=1S/C28H21F4N7O2/c29-19-11-25-22(8-16(19)13-33)35-28(41)38(25)17-3-6-37(7-4-17)27(40)23-12-24(15-2-1-5-34-14-15)39(36-23)18-9-20(30)26(32)21(31)10-18/h1-2,5,8-12,14,17,28,35,41H,3-4,6-7H2. The molecule has 1 atom stereocenters. The molecule has 0 radical (unpaired) electrons. The van der Waals surface area contributed by atoms with Crippen molar-refractivity contribution in [1.29, 1.82) is 5.26 Å². The van der Waals surface area contributed by atoms with Crippen LogP contribution in [-0.2, 0) is 0 Å². The molecule has 0 aliphatic carbocycles. The molecule has 0 bridgehead atoms. The van der Waals surface area contributed by atoms with E-state index in [-0.39, 0.29) is 36.1 Å². The number of pyridine rings is 1. The van der Waals surface area contributed by atoms with Gasteiger partial charge in [0.15, 0.2) is 23.1 Å². The molecular formula is C28H21F4N7O2. The van der Waals surface area contributed by atoms with Crippen molar-refractivity contribution in [3.8, 4) is 23.0 Å². The number of fused-ring (bicyclic) bond motifs is 1. The zero-order valence-corrected chi connectivity index (χ0v) is 21.2. The number of amides is 1. The van der Waals surface area contributed by atoms with Gasteiger partial charge in [0.25, 0.3) is 5.91 Å². The number of hydrogen-bond acceptors (Lipinski definition) is 7. The predicted octanol–water partition coefficient (Wildman–Crippen LogP) is 4.17. The van der Waals surface area contributed by atoms with Gasteiger partial charge in [-0.05, 0) is 37.1 Å². The van der Waals surface area contributed by atoms with E-state index in [1.807, 2.05) is 0 Å². The summed E-state index contributed by atoms with van der Waals surface area (Å²) < 4.78 is 57.2.